The molecule has 36 heavy (non-hydrogen) atoms. The van der Waals surface area contributed by atoms with Crippen molar-refractivity contribution < 1.29 is 35.9 Å². The van der Waals surface area contributed by atoms with Gasteiger partial charge in [-0.1, -0.05) is 11.6 Å². The Balaban J connectivity index is 1.54. The number of amides is 2. The van der Waals surface area contributed by atoms with E-state index in [1.165, 1.54) is 19.2 Å². The molecule has 2 amide bonds. The molecule has 2 aromatic carbocycles. The van der Waals surface area contributed by atoms with Crippen LogP contribution in [-0.2, 0) is 14.6 Å². The second-order valence-electron chi connectivity index (χ2n) is 9.15. The predicted octanol–water partition coefficient (Wildman–Crippen LogP) is 4.94. The van der Waals surface area contributed by atoms with Crippen LogP contribution in [0.15, 0.2) is 35.2 Å². The van der Waals surface area contributed by atoms with Crippen LogP contribution in [0, 0.1) is 35.2 Å². The van der Waals surface area contributed by atoms with Crippen molar-refractivity contribution in [2.45, 2.75) is 35.8 Å². The van der Waals surface area contributed by atoms with E-state index in [0.717, 1.165) is 6.07 Å². The molecule has 2 N–H and O–H groups in total. The number of carbonyl (C=O) groups excluding carboxylic acids is 2. The van der Waals surface area contributed by atoms with Gasteiger partial charge in [0.05, 0.1) is 21.8 Å². The predicted molar refractivity (Wildman–Crippen MR) is 126 cm³/mol. The summed E-state index contributed by atoms with van der Waals surface area (Å²) in [6, 6.07) is 4.94. The third-order valence-electron chi connectivity index (χ3n) is 6.86. The number of sulfone groups is 1. The SMILES string of the molecule is CNC(=O)OC[C@@H]1CC2CC[C@@H](C1)[C@H]2S(=O)(=O)c1cc(C(=O)Nc2cc(F)c(F)c(F)c2)ccc1Cl. The fraction of sp³-hybridized carbons (Fsp3) is 0.417. The molecule has 2 saturated carbocycles. The topological polar surface area (TPSA) is 102 Å². The third kappa shape index (κ3) is 5.17. The first-order valence-electron chi connectivity index (χ1n) is 11.3. The lowest BCUT2D eigenvalue weighted by atomic mass is 9.81. The molecule has 194 valence electrons. The smallest absolute Gasteiger partial charge is 0.406 e. The van der Waals surface area contributed by atoms with Gasteiger partial charge in [0.1, 0.15) is 0 Å². The third-order valence-corrected chi connectivity index (χ3v) is 9.74. The Bertz CT molecular complexity index is 1270. The number of hydrogen-bond donors (Lipinski definition) is 2. The fourth-order valence-corrected chi connectivity index (χ4v) is 8.22. The highest BCUT2D eigenvalue weighted by Gasteiger charge is 2.50. The van der Waals surface area contributed by atoms with Gasteiger partial charge in [0.2, 0.25) is 0 Å². The molecule has 0 aliphatic heterocycles. The highest BCUT2D eigenvalue weighted by atomic mass is 35.5. The largest absolute Gasteiger partial charge is 0.449 e. The Kier molecular flexibility index (Phi) is 7.51. The minimum absolute atomic E-state index is 0.0464. The molecule has 0 heterocycles. The van der Waals surface area contributed by atoms with Crippen LogP contribution in [0.4, 0.5) is 23.7 Å². The number of hydrogen-bond acceptors (Lipinski definition) is 5. The molecule has 2 fully saturated rings. The van der Waals surface area contributed by atoms with E-state index in [-0.39, 0.29) is 45.5 Å². The van der Waals surface area contributed by atoms with Crippen LogP contribution in [0.2, 0.25) is 5.02 Å². The van der Waals surface area contributed by atoms with Gasteiger partial charge in [-0.2, -0.15) is 0 Å². The number of benzene rings is 2. The Labute approximate surface area is 211 Å². The van der Waals surface area contributed by atoms with Crippen LogP contribution in [0.25, 0.3) is 0 Å². The summed E-state index contributed by atoms with van der Waals surface area (Å²) in [5.41, 5.74) is -0.422. The summed E-state index contributed by atoms with van der Waals surface area (Å²) < 4.78 is 72.7. The number of rotatable bonds is 6. The number of alkyl carbamates (subject to hydrolysis) is 1. The van der Waals surface area contributed by atoms with Crippen LogP contribution in [0.5, 0.6) is 0 Å². The molecule has 4 atom stereocenters. The Morgan fingerprint density at radius 2 is 1.67 bits per heavy atom. The van der Waals surface area contributed by atoms with Gasteiger partial charge in [-0.15, -0.1) is 0 Å². The van der Waals surface area contributed by atoms with E-state index in [2.05, 4.69) is 10.6 Å². The summed E-state index contributed by atoms with van der Waals surface area (Å²) in [6.45, 7) is 0.209. The summed E-state index contributed by atoms with van der Waals surface area (Å²) in [6.07, 6.45) is 2.05. The van der Waals surface area contributed by atoms with Gasteiger partial charge < -0.3 is 15.4 Å². The molecule has 2 aliphatic rings. The molecule has 0 saturated heterocycles. The summed E-state index contributed by atoms with van der Waals surface area (Å²) in [4.78, 5) is 23.9. The minimum Gasteiger partial charge on any atom is -0.449 e. The molecule has 12 heteroatoms. The molecule has 0 aromatic heterocycles. The minimum atomic E-state index is -3.94. The average Bonchev–Trinajstić information content (AvgIpc) is 3.12. The number of carbonyl (C=O) groups is 2. The second kappa shape index (κ2) is 10.3. The Hall–Kier alpha value is -2.79. The van der Waals surface area contributed by atoms with Gasteiger partial charge in [0.25, 0.3) is 5.91 Å². The molecule has 7 nitrogen and oxygen atoms in total. The van der Waals surface area contributed by atoms with Gasteiger partial charge in [0, 0.05) is 30.4 Å². The van der Waals surface area contributed by atoms with Crippen molar-refractivity contribution in [2.75, 3.05) is 19.0 Å². The van der Waals surface area contributed by atoms with Crippen molar-refractivity contribution in [2.24, 2.45) is 17.8 Å². The zero-order chi connectivity index (χ0) is 26.2. The van der Waals surface area contributed by atoms with E-state index in [1.54, 1.807) is 0 Å². The van der Waals surface area contributed by atoms with Gasteiger partial charge in [-0.05, 0) is 61.6 Å². The van der Waals surface area contributed by atoms with E-state index in [9.17, 15) is 31.2 Å². The van der Waals surface area contributed by atoms with Crippen LogP contribution in [0.1, 0.15) is 36.0 Å². The van der Waals surface area contributed by atoms with Crippen molar-refractivity contribution in [3.05, 3.63) is 58.4 Å². The maximum Gasteiger partial charge on any atom is 0.406 e. The maximum absolute atomic E-state index is 13.7. The summed E-state index contributed by atoms with van der Waals surface area (Å²) in [5, 5.41) is 3.88. The first-order chi connectivity index (χ1) is 17.0. The van der Waals surface area contributed by atoms with Crippen molar-refractivity contribution in [1.29, 1.82) is 0 Å². The van der Waals surface area contributed by atoms with E-state index in [1.807, 2.05) is 0 Å². The van der Waals surface area contributed by atoms with Gasteiger partial charge >= 0.3 is 6.09 Å². The van der Waals surface area contributed by atoms with Gasteiger partial charge in [-0.25, -0.2) is 26.4 Å². The molecular weight excluding hydrogens is 521 g/mol. The Morgan fingerprint density at radius 3 is 2.25 bits per heavy atom. The first-order valence-corrected chi connectivity index (χ1v) is 13.3. The van der Waals surface area contributed by atoms with Crippen molar-refractivity contribution in [3.8, 4) is 0 Å². The average molecular weight is 545 g/mol. The molecule has 2 aromatic rings. The van der Waals surface area contributed by atoms with E-state index in [0.29, 0.717) is 37.8 Å². The second-order valence-corrected chi connectivity index (χ2v) is 11.6. The van der Waals surface area contributed by atoms with E-state index >= 15 is 0 Å². The molecule has 4 rings (SSSR count). The van der Waals surface area contributed by atoms with Crippen LogP contribution >= 0.6 is 11.6 Å². The molecule has 0 spiro atoms. The quantitative estimate of drug-likeness (QED) is 0.501. The highest BCUT2D eigenvalue weighted by Crippen LogP contribution is 2.50. The summed E-state index contributed by atoms with van der Waals surface area (Å²) in [5.74, 6) is -5.70. The molecular formula is C24H24ClF3N2O5S. The number of nitrogens with one attached hydrogen (secondary N) is 2. The zero-order valence-corrected chi connectivity index (χ0v) is 20.8. The van der Waals surface area contributed by atoms with E-state index < -0.39 is 44.5 Å². The summed E-state index contributed by atoms with van der Waals surface area (Å²) in [7, 11) is -2.48. The highest BCUT2D eigenvalue weighted by molar-refractivity contribution is 7.92. The zero-order valence-electron chi connectivity index (χ0n) is 19.2. The fourth-order valence-electron chi connectivity index (χ4n) is 5.35. The van der Waals surface area contributed by atoms with Crippen LogP contribution in [0.3, 0.4) is 0 Å². The van der Waals surface area contributed by atoms with Crippen molar-refractivity contribution in [3.63, 3.8) is 0 Å². The van der Waals surface area contributed by atoms with Crippen molar-refractivity contribution >= 4 is 39.1 Å². The molecule has 2 aliphatic carbocycles. The normalized spacial score (nSPS) is 23.2. The standard InChI is InChI=1S/C24H24ClF3N2O5S/c1-29-24(32)35-11-12-6-13-2-3-14(7-12)22(13)36(33,34)20-8-15(4-5-17(20)25)23(31)30-16-9-18(26)21(28)19(27)10-16/h4-5,8-10,12-14,22H,2-3,6-7,11H2,1H3,(H,29,32)(H,30,31)/t12-,13-,14?,22+/m0/s1. The molecule has 2 bridgehead atoms. The maximum atomic E-state index is 13.7. The van der Waals surface area contributed by atoms with Crippen LogP contribution in [-0.4, -0.2) is 39.3 Å². The number of anilines is 1. The Morgan fingerprint density at radius 1 is 1.06 bits per heavy atom. The lowest BCUT2D eigenvalue weighted by Gasteiger charge is -2.34. The van der Waals surface area contributed by atoms with Gasteiger partial charge in [0.15, 0.2) is 27.3 Å². The summed E-state index contributed by atoms with van der Waals surface area (Å²) >= 11 is 6.25. The number of halogens is 4. The van der Waals surface area contributed by atoms with Crippen molar-refractivity contribution in [1.82, 2.24) is 5.32 Å². The molecule has 1 unspecified atom stereocenters. The molecule has 0 radical (unpaired) electrons. The van der Waals surface area contributed by atoms with Gasteiger partial charge in [-0.3, -0.25) is 4.79 Å². The number of ether oxygens (including phenoxy) is 1. The monoisotopic (exact) mass is 544 g/mol. The number of fused-ring (bicyclic) bond motifs is 2. The van der Waals surface area contributed by atoms with Crippen LogP contribution < -0.4 is 10.6 Å². The first kappa shape index (κ1) is 26.3. The lowest BCUT2D eigenvalue weighted by molar-refractivity contribution is 0.102. The van der Waals surface area contributed by atoms with E-state index in [4.69, 9.17) is 16.3 Å². The lowest BCUT2D eigenvalue weighted by Crippen LogP contribution is -2.39.